The summed E-state index contributed by atoms with van der Waals surface area (Å²) < 4.78 is 0. The van der Waals surface area contributed by atoms with E-state index in [1.165, 1.54) is 77.6 Å². The van der Waals surface area contributed by atoms with Crippen molar-refractivity contribution >= 4 is 21.9 Å². The van der Waals surface area contributed by atoms with Crippen LogP contribution in [-0.4, -0.2) is 0 Å². The monoisotopic (exact) mass is 545 g/mol. The molecule has 0 saturated carbocycles. The highest BCUT2D eigenvalue weighted by atomic mass is 14.4. The molecule has 3 aliphatic rings. The van der Waals surface area contributed by atoms with Gasteiger partial charge in [0, 0.05) is 11.8 Å². The maximum atomic E-state index is 9.42. The molecule has 1 heteroatoms. The summed E-state index contributed by atoms with van der Waals surface area (Å²) in [4.78, 5) is 0. The van der Waals surface area contributed by atoms with E-state index in [0.29, 0.717) is 5.56 Å². The third-order valence-corrected chi connectivity index (χ3v) is 9.70. The lowest BCUT2D eigenvalue weighted by molar-refractivity contribution is 0.716. The summed E-state index contributed by atoms with van der Waals surface area (Å²) in [5, 5.41) is 12.1. The zero-order valence-electron chi connectivity index (χ0n) is 23.8. The second-order valence-electron chi connectivity index (χ2n) is 12.0. The van der Waals surface area contributed by atoms with Gasteiger partial charge in [0.15, 0.2) is 0 Å². The standard InChI is InChI=1S/C42H27N/c1-25-12-16-27(17-13-25)35-21-36-31-9-3-2-8-30(31)34(28-18-14-26(24-43)15-19-28)20-40(36)41-23-38-33-11-5-7-29-6-4-10-32(42(29)33)37(38)22-39(35)41/h2-23,36,40H,1H3. The van der Waals surface area contributed by atoms with Crippen LogP contribution in [0.25, 0.3) is 44.2 Å². The Bertz CT molecular complexity index is 2230. The van der Waals surface area contributed by atoms with E-state index in [4.69, 9.17) is 0 Å². The van der Waals surface area contributed by atoms with Crippen molar-refractivity contribution in [2.24, 2.45) is 0 Å². The smallest absolute Gasteiger partial charge is 0.0991 e. The van der Waals surface area contributed by atoms with Crippen molar-refractivity contribution in [1.29, 1.82) is 5.26 Å². The quantitative estimate of drug-likeness (QED) is 0.212. The van der Waals surface area contributed by atoms with Gasteiger partial charge in [-0.1, -0.05) is 115 Å². The largest absolute Gasteiger partial charge is 0.192 e. The molecule has 0 amide bonds. The minimum atomic E-state index is 0.193. The van der Waals surface area contributed by atoms with Gasteiger partial charge in [-0.25, -0.2) is 0 Å². The summed E-state index contributed by atoms with van der Waals surface area (Å²) in [7, 11) is 0. The third kappa shape index (κ3) is 3.51. The van der Waals surface area contributed by atoms with E-state index in [9.17, 15) is 5.26 Å². The molecule has 0 spiro atoms. The van der Waals surface area contributed by atoms with Crippen LogP contribution >= 0.6 is 0 Å². The van der Waals surface area contributed by atoms with Crippen molar-refractivity contribution in [3.05, 3.63) is 178 Å². The SMILES string of the molecule is Cc1ccc(C2=CC3c4ccccc4C(c4ccc(C#N)cc4)=CC3c3cc4c(cc32)-c2cccc3cccc-4c23)cc1. The van der Waals surface area contributed by atoms with Gasteiger partial charge in [0.25, 0.3) is 0 Å². The van der Waals surface area contributed by atoms with Crippen LogP contribution in [0.3, 0.4) is 0 Å². The molecule has 0 aromatic heterocycles. The highest BCUT2D eigenvalue weighted by Crippen LogP contribution is 2.56. The van der Waals surface area contributed by atoms with Gasteiger partial charge in [0.05, 0.1) is 11.6 Å². The van der Waals surface area contributed by atoms with E-state index in [0.717, 1.165) is 5.56 Å². The first-order chi connectivity index (χ1) is 21.2. The number of hydrogen-bond donors (Lipinski definition) is 0. The van der Waals surface area contributed by atoms with E-state index in [1.807, 2.05) is 12.1 Å². The molecular formula is C42H27N. The zero-order valence-corrected chi connectivity index (χ0v) is 23.8. The van der Waals surface area contributed by atoms with E-state index in [-0.39, 0.29) is 11.8 Å². The van der Waals surface area contributed by atoms with Crippen LogP contribution in [0.2, 0.25) is 0 Å². The first-order valence-electron chi connectivity index (χ1n) is 15.0. The Morgan fingerprint density at radius 2 is 1.09 bits per heavy atom. The molecule has 0 saturated heterocycles. The fourth-order valence-corrected chi connectivity index (χ4v) is 7.67. The summed E-state index contributed by atoms with van der Waals surface area (Å²) in [6, 6.07) is 46.6. The van der Waals surface area contributed by atoms with Crippen molar-refractivity contribution in [3.63, 3.8) is 0 Å². The molecule has 0 heterocycles. The number of hydrogen-bond acceptors (Lipinski definition) is 1. The van der Waals surface area contributed by atoms with Gasteiger partial charge in [-0.3, -0.25) is 0 Å². The molecule has 6 aromatic rings. The maximum Gasteiger partial charge on any atom is 0.0991 e. The molecule has 9 rings (SSSR count). The molecular weight excluding hydrogens is 518 g/mol. The lowest BCUT2D eigenvalue weighted by Gasteiger charge is -2.37. The van der Waals surface area contributed by atoms with E-state index in [1.54, 1.807) is 0 Å². The molecule has 6 aromatic carbocycles. The molecule has 2 unspecified atom stereocenters. The Hall–Kier alpha value is -5.45. The second-order valence-corrected chi connectivity index (χ2v) is 12.0. The molecule has 0 aliphatic heterocycles. The van der Waals surface area contributed by atoms with Crippen molar-refractivity contribution in [3.8, 4) is 28.3 Å². The molecule has 0 N–H and O–H groups in total. The predicted octanol–water partition coefficient (Wildman–Crippen LogP) is 10.4. The molecule has 43 heavy (non-hydrogen) atoms. The Morgan fingerprint density at radius 3 is 1.79 bits per heavy atom. The highest BCUT2D eigenvalue weighted by Gasteiger charge is 2.37. The zero-order chi connectivity index (χ0) is 28.7. The van der Waals surface area contributed by atoms with Crippen molar-refractivity contribution in [2.45, 2.75) is 18.8 Å². The minimum absolute atomic E-state index is 0.193. The summed E-state index contributed by atoms with van der Waals surface area (Å²) in [6.45, 7) is 2.15. The number of rotatable bonds is 2. The van der Waals surface area contributed by atoms with E-state index >= 15 is 0 Å². The van der Waals surface area contributed by atoms with Crippen molar-refractivity contribution in [2.75, 3.05) is 0 Å². The van der Waals surface area contributed by atoms with Gasteiger partial charge >= 0.3 is 0 Å². The van der Waals surface area contributed by atoms with Gasteiger partial charge in [-0.15, -0.1) is 0 Å². The van der Waals surface area contributed by atoms with Gasteiger partial charge in [-0.2, -0.15) is 5.26 Å². The summed E-state index contributed by atoms with van der Waals surface area (Å²) in [6.07, 6.45) is 5.02. The molecule has 3 aliphatic carbocycles. The number of allylic oxidation sites excluding steroid dienone is 2. The molecule has 0 radical (unpaired) electrons. The number of aryl methyl sites for hydroxylation is 1. The first-order valence-corrected chi connectivity index (χ1v) is 15.0. The number of nitriles is 1. The summed E-state index contributed by atoms with van der Waals surface area (Å²) in [5.74, 6) is 0.415. The number of benzene rings is 6. The maximum absolute atomic E-state index is 9.42. The van der Waals surface area contributed by atoms with E-state index < -0.39 is 0 Å². The summed E-state index contributed by atoms with van der Waals surface area (Å²) in [5.41, 5.74) is 17.6. The van der Waals surface area contributed by atoms with Crippen molar-refractivity contribution < 1.29 is 0 Å². The van der Waals surface area contributed by atoms with Gasteiger partial charge in [0.1, 0.15) is 0 Å². The Labute approximate surface area is 251 Å². The molecule has 200 valence electrons. The van der Waals surface area contributed by atoms with Crippen LogP contribution < -0.4 is 0 Å². The van der Waals surface area contributed by atoms with Gasteiger partial charge < -0.3 is 0 Å². The topological polar surface area (TPSA) is 23.8 Å². The molecule has 2 atom stereocenters. The highest BCUT2D eigenvalue weighted by molar-refractivity contribution is 6.16. The number of fused-ring (bicyclic) bond motifs is 8. The van der Waals surface area contributed by atoms with Crippen LogP contribution in [0.1, 0.15) is 56.3 Å². The second kappa shape index (κ2) is 9.02. The van der Waals surface area contributed by atoms with Crippen LogP contribution in [0.15, 0.2) is 133 Å². The van der Waals surface area contributed by atoms with Crippen LogP contribution in [0, 0.1) is 18.3 Å². The Morgan fingerprint density at radius 1 is 0.512 bits per heavy atom. The molecule has 0 fully saturated rings. The first kappa shape index (κ1) is 24.2. The van der Waals surface area contributed by atoms with E-state index in [2.05, 4.69) is 134 Å². The van der Waals surface area contributed by atoms with Gasteiger partial charge in [0.2, 0.25) is 0 Å². The summed E-state index contributed by atoms with van der Waals surface area (Å²) >= 11 is 0. The fourth-order valence-electron chi connectivity index (χ4n) is 7.67. The van der Waals surface area contributed by atoms with Gasteiger partial charge in [-0.05, 0) is 109 Å². The Kier molecular flexibility index (Phi) is 5.07. The van der Waals surface area contributed by atoms with Crippen LogP contribution in [-0.2, 0) is 0 Å². The normalized spacial score (nSPS) is 17.2. The average molecular weight is 546 g/mol. The molecule has 1 nitrogen and oxygen atoms in total. The van der Waals surface area contributed by atoms with Crippen LogP contribution in [0.5, 0.6) is 0 Å². The third-order valence-electron chi connectivity index (χ3n) is 9.70. The Balaban J connectivity index is 1.33. The average Bonchev–Trinajstić information content (AvgIpc) is 3.38. The molecule has 0 bridgehead atoms. The minimum Gasteiger partial charge on any atom is -0.192 e. The lowest BCUT2D eigenvalue weighted by Crippen LogP contribution is -2.20. The predicted molar refractivity (Wildman–Crippen MR) is 177 cm³/mol. The number of nitrogens with zero attached hydrogens (tertiary/aromatic N) is 1. The van der Waals surface area contributed by atoms with Crippen LogP contribution in [0.4, 0.5) is 0 Å². The van der Waals surface area contributed by atoms with Crippen molar-refractivity contribution in [1.82, 2.24) is 0 Å². The fraction of sp³-hybridized carbons (Fsp3) is 0.0714. The lowest BCUT2D eigenvalue weighted by atomic mass is 9.66.